The molecule has 1 aliphatic rings. The lowest BCUT2D eigenvalue weighted by molar-refractivity contribution is -0.141. The molecule has 0 spiro atoms. The molecule has 2 aromatic heterocycles. The number of thiazole rings is 1. The lowest BCUT2D eigenvalue weighted by Gasteiger charge is -2.32. The Kier molecular flexibility index (Phi) is 12.1. The maximum absolute atomic E-state index is 13.6. The van der Waals surface area contributed by atoms with Gasteiger partial charge in [-0.15, -0.1) is 11.3 Å². The molecule has 220 valence electrons. The van der Waals surface area contributed by atoms with Crippen LogP contribution in [0.1, 0.15) is 90.4 Å². The third-order valence-corrected chi connectivity index (χ3v) is 7.78. The van der Waals surface area contributed by atoms with Gasteiger partial charge >= 0.3 is 0 Å². The fourth-order valence-corrected chi connectivity index (χ4v) is 5.64. The average molecular weight is 571 g/mol. The Morgan fingerprint density at radius 3 is 2.25 bits per heavy atom. The van der Waals surface area contributed by atoms with Gasteiger partial charge in [-0.05, 0) is 44.7 Å². The number of carbonyl (C=O) groups excluding carboxylic acids is 2. The van der Waals surface area contributed by atoms with E-state index < -0.39 is 23.6 Å². The lowest BCUT2D eigenvalue weighted by Crippen LogP contribution is -2.52. The number of likely N-dealkylation sites (tertiary alicyclic amines) is 1. The molecule has 1 aromatic carbocycles. The Balaban J connectivity index is 0.00000134. The van der Waals surface area contributed by atoms with Gasteiger partial charge in [0, 0.05) is 19.0 Å². The van der Waals surface area contributed by atoms with Crippen molar-refractivity contribution < 1.29 is 19.2 Å². The second-order valence-corrected chi connectivity index (χ2v) is 11.3. The van der Waals surface area contributed by atoms with Crippen LogP contribution >= 0.6 is 11.3 Å². The molecule has 3 aromatic rings. The third-order valence-electron chi connectivity index (χ3n) is 6.80. The number of hydrogen-bond donors (Lipinski definition) is 2. The maximum Gasteiger partial charge on any atom is 0.243 e. The van der Waals surface area contributed by atoms with Gasteiger partial charge in [0.2, 0.25) is 11.8 Å². The molecule has 2 amide bonds. The van der Waals surface area contributed by atoms with Crippen molar-refractivity contribution in [2.24, 2.45) is 5.92 Å². The van der Waals surface area contributed by atoms with Crippen molar-refractivity contribution in [3.05, 3.63) is 58.6 Å². The topological polar surface area (TPSA) is 109 Å². The van der Waals surface area contributed by atoms with Gasteiger partial charge in [0.1, 0.15) is 17.7 Å². The van der Waals surface area contributed by atoms with Crippen molar-refractivity contribution >= 4 is 23.2 Å². The number of aryl methyl sites for hydroxylation is 2. The monoisotopic (exact) mass is 570 g/mol. The van der Waals surface area contributed by atoms with Crippen LogP contribution in [-0.2, 0) is 15.1 Å². The second-order valence-electron chi connectivity index (χ2n) is 10.4. The van der Waals surface area contributed by atoms with Crippen molar-refractivity contribution in [2.75, 3.05) is 6.54 Å². The summed E-state index contributed by atoms with van der Waals surface area (Å²) in [5, 5.41) is 17.4. The number of hydrogen-bond acceptors (Lipinski definition) is 7. The summed E-state index contributed by atoms with van der Waals surface area (Å²) in [5.41, 5.74) is 4.86. The predicted molar refractivity (Wildman–Crippen MR) is 161 cm³/mol. The number of amides is 2. The number of benzene rings is 1. The van der Waals surface area contributed by atoms with Crippen LogP contribution in [0.3, 0.4) is 0 Å². The van der Waals surface area contributed by atoms with E-state index in [-0.39, 0.29) is 30.7 Å². The summed E-state index contributed by atoms with van der Waals surface area (Å²) in [6.45, 7) is 19.6. The van der Waals surface area contributed by atoms with Crippen molar-refractivity contribution in [2.45, 2.75) is 99.3 Å². The number of nitrogens with zero attached hydrogens (tertiary/aromatic N) is 3. The predicted octanol–water partition coefficient (Wildman–Crippen LogP) is 6.22. The number of aliphatic hydroxyl groups excluding tert-OH is 1. The number of rotatable bonds is 7. The second kappa shape index (κ2) is 14.6. The van der Waals surface area contributed by atoms with Crippen LogP contribution in [0.4, 0.5) is 0 Å². The standard InChI is InChI=1S/C27H34N4O4S.2C2H6/c1-15(2)23(22-11-16(3)30-35-22)26(34)31-13-20(32)12-21(31)25(33)29-27(5,6)19-9-7-18(8-10-19)24-17(4)28-14-36-24;2*1-2/h7-11,14-15,20-21,23,32H,12-13H2,1-6H3,(H,29,33);2*1-2H3/t20-,21+,23?;;/m1../s1. The summed E-state index contributed by atoms with van der Waals surface area (Å²) in [6, 6.07) is 9.06. The van der Waals surface area contributed by atoms with Crippen LogP contribution in [0.15, 0.2) is 40.4 Å². The quantitative estimate of drug-likeness (QED) is 0.349. The molecule has 1 unspecified atom stereocenters. The highest BCUT2D eigenvalue weighted by molar-refractivity contribution is 7.13. The molecule has 0 saturated carbocycles. The molecule has 40 heavy (non-hydrogen) atoms. The highest BCUT2D eigenvalue weighted by atomic mass is 32.1. The number of aromatic nitrogens is 2. The minimum absolute atomic E-state index is 0.0663. The zero-order valence-corrected chi connectivity index (χ0v) is 26.4. The van der Waals surface area contributed by atoms with E-state index in [0.717, 1.165) is 21.7 Å². The molecule has 3 atom stereocenters. The molecular weight excluding hydrogens is 524 g/mol. The molecule has 0 bridgehead atoms. The van der Waals surface area contributed by atoms with Crippen molar-refractivity contribution in [1.82, 2.24) is 20.4 Å². The summed E-state index contributed by atoms with van der Waals surface area (Å²) in [4.78, 5) is 34.0. The smallest absolute Gasteiger partial charge is 0.243 e. The van der Waals surface area contributed by atoms with Crippen LogP contribution < -0.4 is 5.32 Å². The molecule has 1 saturated heterocycles. The molecule has 1 fully saturated rings. The largest absolute Gasteiger partial charge is 0.391 e. The normalized spacial score (nSPS) is 17.4. The summed E-state index contributed by atoms with van der Waals surface area (Å²) < 4.78 is 5.41. The molecule has 0 aliphatic carbocycles. The molecule has 3 heterocycles. The number of β-amino-alcohol motifs (C(OH)–C–C–N with tert-alkyl or cyclic N) is 1. The Morgan fingerprint density at radius 2 is 1.75 bits per heavy atom. The van der Waals surface area contributed by atoms with Crippen LogP contribution in [0, 0.1) is 19.8 Å². The van der Waals surface area contributed by atoms with E-state index in [9.17, 15) is 14.7 Å². The minimum atomic E-state index is -0.767. The van der Waals surface area contributed by atoms with Gasteiger partial charge in [0.05, 0.1) is 33.4 Å². The Bertz CT molecular complexity index is 1230. The highest BCUT2D eigenvalue weighted by Crippen LogP contribution is 2.33. The summed E-state index contributed by atoms with van der Waals surface area (Å²) in [6.07, 6.45) is -0.573. The fraction of sp³-hybridized carbons (Fsp3) is 0.548. The van der Waals surface area contributed by atoms with Crippen LogP contribution in [-0.4, -0.2) is 50.7 Å². The third kappa shape index (κ3) is 7.57. The first-order valence-corrected chi connectivity index (χ1v) is 15.1. The molecular formula is C31H46N4O4S. The van der Waals surface area contributed by atoms with Gasteiger partial charge < -0.3 is 19.8 Å². The zero-order valence-electron chi connectivity index (χ0n) is 25.6. The molecule has 9 heteroatoms. The van der Waals surface area contributed by atoms with Crippen LogP contribution in [0.5, 0.6) is 0 Å². The zero-order chi connectivity index (χ0) is 30.2. The van der Waals surface area contributed by atoms with E-state index in [1.165, 1.54) is 4.90 Å². The van der Waals surface area contributed by atoms with Gasteiger partial charge in [-0.1, -0.05) is 71.0 Å². The van der Waals surface area contributed by atoms with Gasteiger partial charge in [-0.25, -0.2) is 4.98 Å². The average Bonchev–Trinajstić information content (AvgIpc) is 3.66. The van der Waals surface area contributed by atoms with E-state index in [1.54, 1.807) is 24.3 Å². The first kappa shape index (κ1) is 33.2. The summed E-state index contributed by atoms with van der Waals surface area (Å²) in [5.74, 6) is -0.695. The Labute approximate surface area is 243 Å². The number of nitrogens with one attached hydrogen (secondary N) is 1. The van der Waals surface area contributed by atoms with E-state index in [4.69, 9.17) is 4.52 Å². The molecule has 0 radical (unpaired) electrons. The molecule has 4 rings (SSSR count). The van der Waals surface area contributed by atoms with Gasteiger partial charge in [-0.3, -0.25) is 9.59 Å². The van der Waals surface area contributed by atoms with Crippen molar-refractivity contribution in [3.63, 3.8) is 0 Å². The molecule has 8 nitrogen and oxygen atoms in total. The Morgan fingerprint density at radius 1 is 1.12 bits per heavy atom. The molecule has 2 N–H and O–H groups in total. The van der Waals surface area contributed by atoms with E-state index in [0.29, 0.717) is 11.5 Å². The summed E-state index contributed by atoms with van der Waals surface area (Å²) in [7, 11) is 0. The first-order valence-electron chi connectivity index (χ1n) is 14.2. The van der Waals surface area contributed by atoms with E-state index in [1.807, 2.05) is 92.1 Å². The SMILES string of the molecule is CC.CC.Cc1cc(C(C(=O)N2C[C@H](O)C[C@H]2C(=O)NC(C)(C)c2ccc(-c3scnc3C)cc2)C(C)C)on1. The number of aliphatic hydroxyl groups is 1. The van der Waals surface area contributed by atoms with E-state index in [2.05, 4.69) is 15.5 Å². The van der Waals surface area contributed by atoms with Crippen molar-refractivity contribution in [1.29, 1.82) is 0 Å². The van der Waals surface area contributed by atoms with E-state index >= 15 is 0 Å². The maximum atomic E-state index is 13.6. The molecule has 1 aliphatic heterocycles. The summed E-state index contributed by atoms with van der Waals surface area (Å²) >= 11 is 1.60. The van der Waals surface area contributed by atoms with Gasteiger partial charge in [-0.2, -0.15) is 0 Å². The van der Waals surface area contributed by atoms with Gasteiger partial charge in [0.15, 0.2) is 0 Å². The lowest BCUT2D eigenvalue weighted by atomic mass is 9.91. The van der Waals surface area contributed by atoms with Gasteiger partial charge in [0.25, 0.3) is 0 Å². The Hall–Kier alpha value is -3.04. The van der Waals surface area contributed by atoms with Crippen molar-refractivity contribution in [3.8, 4) is 10.4 Å². The minimum Gasteiger partial charge on any atom is -0.391 e. The fourth-order valence-electron chi connectivity index (χ4n) is 4.83. The van der Waals surface area contributed by atoms with Crippen LogP contribution in [0.25, 0.3) is 10.4 Å². The number of carbonyl (C=O) groups is 2. The first-order chi connectivity index (χ1) is 19.0. The highest BCUT2D eigenvalue weighted by Gasteiger charge is 2.44. The van der Waals surface area contributed by atoms with Crippen LogP contribution in [0.2, 0.25) is 0 Å².